The topological polar surface area (TPSA) is 58.4 Å². The van der Waals surface area contributed by atoms with Crippen molar-refractivity contribution in [2.24, 2.45) is 0 Å². The average Bonchev–Trinajstić information content (AvgIpc) is 2.82. The third-order valence-electron chi connectivity index (χ3n) is 4.44. The fourth-order valence-electron chi connectivity index (χ4n) is 3.35. The number of carboxylic acids is 1. The molecule has 3 heterocycles. The van der Waals surface area contributed by atoms with Gasteiger partial charge in [-0.1, -0.05) is 6.42 Å². The monoisotopic (exact) mass is 263 g/mol. The minimum Gasteiger partial charge on any atom is -0.481 e. The first-order valence-electron chi connectivity index (χ1n) is 7.17. The number of imidazole rings is 1. The van der Waals surface area contributed by atoms with E-state index in [-0.39, 0.29) is 0 Å². The summed E-state index contributed by atoms with van der Waals surface area (Å²) in [5.74, 6) is -0.404. The molecular formula is C14H21N3O2. The van der Waals surface area contributed by atoms with Gasteiger partial charge in [-0.25, -0.2) is 4.98 Å². The molecule has 1 aromatic heterocycles. The van der Waals surface area contributed by atoms with Crippen molar-refractivity contribution in [3.05, 3.63) is 17.7 Å². The van der Waals surface area contributed by atoms with Crippen LogP contribution in [0.2, 0.25) is 0 Å². The van der Waals surface area contributed by atoms with Crippen molar-refractivity contribution in [1.29, 1.82) is 0 Å². The van der Waals surface area contributed by atoms with E-state index in [4.69, 9.17) is 0 Å². The molecule has 2 unspecified atom stereocenters. The molecule has 0 radical (unpaired) electrons. The maximum absolute atomic E-state index is 11.3. The first-order valence-corrected chi connectivity index (χ1v) is 7.17. The van der Waals surface area contributed by atoms with Gasteiger partial charge in [0, 0.05) is 12.7 Å². The van der Waals surface area contributed by atoms with Crippen LogP contribution in [0.25, 0.3) is 0 Å². The standard InChI is InChI=1S/C14H21N3O2/c1-16-7-3-2-6-12(16)11-9-17-8-4-5-10(14(18)19)13(17)15-11/h9-10,12H,2-8H2,1H3,(H,18,19). The van der Waals surface area contributed by atoms with Crippen molar-refractivity contribution in [3.8, 4) is 0 Å². The summed E-state index contributed by atoms with van der Waals surface area (Å²) in [6.07, 6.45) is 7.34. The fourth-order valence-corrected chi connectivity index (χ4v) is 3.35. The first kappa shape index (κ1) is 12.7. The highest BCUT2D eigenvalue weighted by Crippen LogP contribution is 2.33. The van der Waals surface area contributed by atoms with Crippen LogP contribution < -0.4 is 0 Å². The Morgan fingerprint density at radius 3 is 2.89 bits per heavy atom. The molecular weight excluding hydrogens is 242 g/mol. The van der Waals surface area contributed by atoms with Crippen LogP contribution in [0, 0.1) is 0 Å². The molecule has 0 aliphatic carbocycles. The largest absolute Gasteiger partial charge is 0.481 e. The van der Waals surface area contributed by atoms with Crippen LogP contribution in [-0.4, -0.2) is 39.1 Å². The molecule has 1 fully saturated rings. The smallest absolute Gasteiger partial charge is 0.314 e. The number of hydrogen-bond acceptors (Lipinski definition) is 3. The van der Waals surface area contributed by atoms with E-state index < -0.39 is 11.9 Å². The summed E-state index contributed by atoms with van der Waals surface area (Å²) in [5.41, 5.74) is 1.06. The quantitative estimate of drug-likeness (QED) is 0.886. The van der Waals surface area contributed by atoms with Crippen molar-refractivity contribution in [2.45, 2.75) is 50.6 Å². The van der Waals surface area contributed by atoms with Crippen LogP contribution in [0.5, 0.6) is 0 Å². The zero-order valence-electron chi connectivity index (χ0n) is 11.4. The Morgan fingerprint density at radius 2 is 2.16 bits per heavy atom. The van der Waals surface area contributed by atoms with Gasteiger partial charge >= 0.3 is 5.97 Å². The molecule has 104 valence electrons. The number of aliphatic carboxylic acids is 1. The number of rotatable bonds is 2. The molecule has 0 bridgehead atoms. The summed E-state index contributed by atoms with van der Waals surface area (Å²) < 4.78 is 2.06. The Kier molecular flexibility index (Phi) is 3.31. The number of hydrogen-bond donors (Lipinski definition) is 1. The van der Waals surface area contributed by atoms with Crippen molar-refractivity contribution >= 4 is 5.97 Å². The highest BCUT2D eigenvalue weighted by atomic mass is 16.4. The molecule has 0 aromatic carbocycles. The lowest BCUT2D eigenvalue weighted by atomic mass is 9.99. The fraction of sp³-hybridized carbons (Fsp3) is 0.714. The van der Waals surface area contributed by atoms with Gasteiger partial charge in [0.15, 0.2) is 0 Å². The maximum atomic E-state index is 11.3. The molecule has 0 saturated carbocycles. The third kappa shape index (κ3) is 2.27. The molecule has 1 N–H and O–H groups in total. The number of carbonyl (C=O) groups is 1. The van der Waals surface area contributed by atoms with Gasteiger partial charge in [0.2, 0.25) is 0 Å². The molecule has 1 saturated heterocycles. The lowest BCUT2D eigenvalue weighted by Gasteiger charge is -2.31. The summed E-state index contributed by atoms with van der Waals surface area (Å²) in [7, 11) is 2.14. The predicted octanol–water partition coefficient (Wildman–Crippen LogP) is 2.00. The van der Waals surface area contributed by atoms with Gasteiger partial charge in [0.05, 0.1) is 11.7 Å². The lowest BCUT2D eigenvalue weighted by Crippen LogP contribution is -2.29. The van der Waals surface area contributed by atoms with Crippen molar-refractivity contribution in [1.82, 2.24) is 14.5 Å². The van der Waals surface area contributed by atoms with Gasteiger partial charge in [-0.3, -0.25) is 9.69 Å². The first-order chi connectivity index (χ1) is 9.16. The summed E-state index contributed by atoms with van der Waals surface area (Å²) in [5, 5.41) is 9.29. The van der Waals surface area contributed by atoms with Gasteiger partial charge < -0.3 is 9.67 Å². The van der Waals surface area contributed by atoms with E-state index in [0.717, 1.165) is 37.4 Å². The van der Waals surface area contributed by atoms with E-state index in [1.165, 1.54) is 12.8 Å². The molecule has 2 aliphatic rings. The van der Waals surface area contributed by atoms with E-state index in [2.05, 4.69) is 27.7 Å². The van der Waals surface area contributed by atoms with Crippen LogP contribution in [-0.2, 0) is 11.3 Å². The van der Waals surface area contributed by atoms with E-state index >= 15 is 0 Å². The van der Waals surface area contributed by atoms with Crippen LogP contribution in [0.4, 0.5) is 0 Å². The number of fused-ring (bicyclic) bond motifs is 1. The second-order valence-electron chi connectivity index (χ2n) is 5.74. The molecule has 2 atom stereocenters. The summed E-state index contributed by atoms with van der Waals surface area (Å²) in [6, 6.07) is 0.362. The number of aryl methyl sites for hydroxylation is 1. The van der Waals surface area contributed by atoms with Gasteiger partial charge in [-0.2, -0.15) is 0 Å². The Bertz CT molecular complexity index is 483. The summed E-state index contributed by atoms with van der Waals surface area (Å²) in [4.78, 5) is 18.3. The van der Waals surface area contributed by atoms with Crippen LogP contribution in [0.15, 0.2) is 6.20 Å². The Balaban J connectivity index is 1.90. The van der Waals surface area contributed by atoms with Crippen molar-refractivity contribution in [2.75, 3.05) is 13.6 Å². The molecule has 0 spiro atoms. The van der Waals surface area contributed by atoms with Gasteiger partial charge in [0.25, 0.3) is 0 Å². The Hall–Kier alpha value is -1.36. The molecule has 19 heavy (non-hydrogen) atoms. The second kappa shape index (κ2) is 4.96. The molecule has 0 amide bonds. The highest BCUT2D eigenvalue weighted by molar-refractivity contribution is 5.75. The normalized spacial score (nSPS) is 28.1. The van der Waals surface area contributed by atoms with Crippen molar-refractivity contribution in [3.63, 3.8) is 0 Å². The van der Waals surface area contributed by atoms with Crippen LogP contribution >= 0.6 is 0 Å². The van der Waals surface area contributed by atoms with E-state index in [1.54, 1.807) is 0 Å². The van der Waals surface area contributed by atoms with Crippen LogP contribution in [0.1, 0.15) is 55.6 Å². The minimum absolute atomic E-state index is 0.362. The molecule has 2 aliphatic heterocycles. The average molecular weight is 263 g/mol. The zero-order valence-corrected chi connectivity index (χ0v) is 11.4. The predicted molar refractivity (Wildman–Crippen MR) is 71.1 cm³/mol. The van der Waals surface area contributed by atoms with E-state index in [0.29, 0.717) is 12.5 Å². The third-order valence-corrected chi connectivity index (χ3v) is 4.44. The van der Waals surface area contributed by atoms with E-state index in [1.807, 2.05) is 0 Å². The van der Waals surface area contributed by atoms with Crippen molar-refractivity contribution < 1.29 is 9.90 Å². The summed E-state index contributed by atoms with van der Waals surface area (Å²) >= 11 is 0. The Morgan fingerprint density at radius 1 is 1.32 bits per heavy atom. The number of aromatic nitrogens is 2. The molecule has 5 heteroatoms. The second-order valence-corrected chi connectivity index (χ2v) is 5.74. The van der Waals surface area contributed by atoms with Crippen LogP contribution in [0.3, 0.4) is 0 Å². The summed E-state index contributed by atoms with van der Waals surface area (Å²) in [6.45, 7) is 2.01. The molecule has 5 nitrogen and oxygen atoms in total. The number of carboxylic acid groups (broad SMARTS) is 1. The maximum Gasteiger partial charge on any atom is 0.314 e. The highest BCUT2D eigenvalue weighted by Gasteiger charge is 2.31. The number of nitrogens with zero attached hydrogens (tertiary/aromatic N) is 3. The SMILES string of the molecule is CN1CCCCC1c1cn2c(n1)C(C(=O)O)CCC2. The van der Waals surface area contributed by atoms with Gasteiger partial charge in [-0.15, -0.1) is 0 Å². The number of piperidine rings is 1. The number of likely N-dealkylation sites (tertiary alicyclic amines) is 1. The Labute approximate surface area is 113 Å². The zero-order chi connectivity index (χ0) is 13.4. The van der Waals surface area contributed by atoms with Gasteiger partial charge in [-0.05, 0) is 39.3 Å². The molecule has 1 aromatic rings. The minimum atomic E-state index is -0.741. The van der Waals surface area contributed by atoms with Gasteiger partial charge in [0.1, 0.15) is 11.7 Å². The molecule has 3 rings (SSSR count). The van der Waals surface area contributed by atoms with E-state index in [9.17, 15) is 9.90 Å². The lowest BCUT2D eigenvalue weighted by molar-refractivity contribution is -0.139.